The first-order valence-electron chi connectivity index (χ1n) is 5.95. The van der Waals surface area contributed by atoms with Crippen LogP contribution in [0.5, 0.6) is 5.75 Å². The standard InChI is InChI=1S/C14H15NO3/c1-3-9-5-6-12-10(7-9)13(16)11(8-15-12)14(17)18-4-2/h5-8H,3-4H2,1-2H3,(H,15,16). The van der Waals surface area contributed by atoms with E-state index in [0.29, 0.717) is 10.9 Å². The lowest BCUT2D eigenvalue weighted by Gasteiger charge is -2.07. The molecule has 0 saturated heterocycles. The minimum atomic E-state index is -0.550. The lowest BCUT2D eigenvalue weighted by molar-refractivity contribution is 0.0523. The van der Waals surface area contributed by atoms with Gasteiger partial charge in [0.05, 0.1) is 12.1 Å². The Labute approximate surface area is 105 Å². The van der Waals surface area contributed by atoms with Gasteiger partial charge in [-0.2, -0.15) is 0 Å². The van der Waals surface area contributed by atoms with E-state index in [1.807, 2.05) is 25.1 Å². The molecular weight excluding hydrogens is 230 g/mol. The quantitative estimate of drug-likeness (QED) is 0.844. The topological polar surface area (TPSA) is 59.4 Å². The second-order valence-corrected chi connectivity index (χ2v) is 3.95. The van der Waals surface area contributed by atoms with Crippen LogP contribution < -0.4 is 0 Å². The highest BCUT2D eigenvalue weighted by Gasteiger charge is 2.15. The molecule has 1 aromatic carbocycles. The molecule has 2 aromatic rings. The fourth-order valence-electron chi connectivity index (χ4n) is 1.80. The van der Waals surface area contributed by atoms with Crippen molar-refractivity contribution in [1.82, 2.24) is 4.98 Å². The van der Waals surface area contributed by atoms with E-state index < -0.39 is 5.97 Å². The van der Waals surface area contributed by atoms with E-state index in [4.69, 9.17) is 4.74 Å². The predicted molar refractivity (Wildman–Crippen MR) is 68.7 cm³/mol. The van der Waals surface area contributed by atoms with Crippen LogP contribution in [0.2, 0.25) is 0 Å². The maximum atomic E-state index is 11.6. The third kappa shape index (κ3) is 2.14. The van der Waals surface area contributed by atoms with Gasteiger partial charge in [-0.1, -0.05) is 13.0 Å². The Morgan fingerprint density at radius 2 is 2.17 bits per heavy atom. The van der Waals surface area contributed by atoms with Gasteiger partial charge in [-0.05, 0) is 31.0 Å². The number of nitrogens with zero attached hydrogens (tertiary/aromatic N) is 1. The highest BCUT2D eigenvalue weighted by atomic mass is 16.5. The van der Waals surface area contributed by atoms with Gasteiger partial charge in [0.15, 0.2) is 0 Å². The van der Waals surface area contributed by atoms with Crippen LogP contribution in [0.25, 0.3) is 10.9 Å². The zero-order valence-corrected chi connectivity index (χ0v) is 10.4. The van der Waals surface area contributed by atoms with E-state index in [0.717, 1.165) is 12.0 Å². The summed E-state index contributed by atoms with van der Waals surface area (Å²) >= 11 is 0. The molecule has 1 aromatic heterocycles. The van der Waals surface area contributed by atoms with Gasteiger partial charge in [-0.15, -0.1) is 0 Å². The molecule has 0 aliphatic heterocycles. The summed E-state index contributed by atoms with van der Waals surface area (Å²) < 4.78 is 4.88. The van der Waals surface area contributed by atoms with Crippen molar-refractivity contribution in [2.75, 3.05) is 6.61 Å². The van der Waals surface area contributed by atoms with Crippen LogP contribution in [-0.2, 0) is 11.2 Å². The summed E-state index contributed by atoms with van der Waals surface area (Å²) in [5, 5.41) is 10.7. The van der Waals surface area contributed by atoms with E-state index in [-0.39, 0.29) is 17.9 Å². The number of benzene rings is 1. The normalized spacial score (nSPS) is 10.6. The van der Waals surface area contributed by atoms with Gasteiger partial charge < -0.3 is 9.84 Å². The van der Waals surface area contributed by atoms with Gasteiger partial charge in [-0.25, -0.2) is 4.79 Å². The molecule has 4 nitrogen and oxygen atoms in total. The molecule has 0 spiro atoms. The molecule has 94 valence electrons. The first kappa shape index (κ1) is 12.4. The van der Waals surface area contributed by atoms with Crippen LogP contribution in [0.3, 0.4) is 0 Å². The molecule has 4 heteroatoms. The second-order valence-electron chi connectivity index (χ2n) is 3.95. The lowest BCUT2D eigenvalue weighted by Crippen LogP contribution is -2.05. The number of esters is 1. The highest BCUT2D eigenvalue weighted by Crippen LogP contribution is 2.28. The molecule has 0 saturated carbocycles. The number of pyridine rings is 1. The third-order valence-corrected chi connectivity index (χ3v) is 2.81. The van der Waals surface area contributed by atoms with Crippen LogP contribution in [0.15, 0.2) is 24.4 Å². The highest BCUT2D eigenvalue weighted by molar-refractivity contribution is 5.99. The molecule has 0 aliphatic rings. The Morgan fingerprint density at radius 3 is 2.83 bits per heavy atom. The minimum absolute atomic E-state index is 0.0613. The SMILES string of the molecule is CCOC(=O)c1cnc2ccc(CC)cc2c1O. The molecule has 18 heavy (non-hydrogen) atoms. The Balaban J connectivity index is 2.58. The van der Waals surface area contributed by atoms with E-state index >= 15 is 0 Å². The van der Waals surface area contributed by atoms with Crippen molar-refractivity contribution in [2.24, 2.45) is 0 Å². The number of hydrogen-bond acceptors (Lipinski definition) is 4. The summed E-state index contributed by atoms with van der Waals surface area (Å²) in [5.41, 5.74) is 1.86. The summed E-state index contributed by atoms with van der Waals surface area (Å²) in [6.07, 6.45) is 2.21. The molecule has 1 heterocycles. The number of aromatic nitrogens is 1. The number of carbonyl (C=O) groups is 1. The molecule has 0 atom stereocenters. The van der Waals surface area contributed by atoms with Gasteiger partial charge in [-0.3, -0.25) is 4.98 Å². The van der Waals surface area contributed by atoms with Gasteiger partial charge in [0.2, 0.25) is 0 Å². The van der Waals surface area contributed by atoms with Gasteiger partial charge >= 0.3 is 5.97 Å². The van der Waals surface area contributed by atoms with Crippen molar-refractivity contribution in [3.63, 3.8) is 0 Å². The second kappa shape index (κ2) is 5.04. The number of aryl methyl sites for hydroxylation is 1. The minimum Gasteiger partial charge on any atom is -0.506 e. The fraction of sp³-hybridized carbons (Fsp3) is 0.286. The number of aromatic hydroxyl groups is 1. The van der Waals surface area contributed by atoms with Crippen LogP contribution in [0.1, 0.15) is 29.8 Å². The van der Waals surface area contributed by atoms with E-state index in [1.165, 1.54) is 6.20 Å². The first-order chi connectivity index (χ1) is 8.67. The summed E-state index contributed by atoms with van der Waals surface area (Å²) in [5.74, 6) is -0.611. The average Bonchev–Trinajstić information content (AvgIpc) is 2.39. The monoisotopic (exact) mass is 245 g/mol. The maximum Gasteiger partial charge on any atom is 0.343 e. The Hall–Kier alpha value is -2.10. The number of carbonyl (C=O) groups excluding carboxylic acids is 1. The van der Waals surface area contributed by atoms with Gasteiger partial charge in [0, 0.05) is 11.6 Å². The Morgan fingerprint density at radius 1 is 1.39 bits per heavy atom. The average molecular weight is 245 g/mol. The molecule has 0 fully saturated rings. The van der Waals surface area contributed by atoms with Crippen LogP contribution >= 0.6 is 0 Å². The maximum absolute atomic E-state index is 11.6. The lowest BCUT2D eigenvalue weighted by atomic mass is 10.1. The third-order valence-electron chi connectivity index (χ3n) is 2.81. The van der Waals surface area contributed by atoms with Crippen LogP contribution in [0.4, 0.5) is 0 Å². The predicted octanol–water partition coefficient (Wildman–Crippen LogP) is 2.68. The molecule has 1 N–H and O–H groups in total. The smallest absolute Gasteiger partial charge is 0.343 e. The van der Waals surface area contributed by atoms with E-state index in [2.05, 4.69) is 4.98 Å². The van der Waals surface area contributed by atoms with Crippen LogP contribution in [-0.4, -0.2) is 22.7 Å². The van der Waals surface area contributed by atoms with E-state index in [1.54, 1.807) is 6.92 Å². The number of fused-ring (bicyclic) bond motifs is 1. The summed E-state index contributed by atoms with van der Waals surface area (Å²) in [7, 11) is 0. The van der Waals surface area contributed by atoms with Crippen molar-refractivity contribution in [1.29, 1.82) is 0 Å². The Kier molecular flexibility index (Phi) is 3.46. The summed E-state index contributed by atoms with van der Waals surface area (Å²) in [6.45, 7) is 4.02. The number of hydrogen-bond donors (Lipinski definition) is 1. The van der Waals surface area contributed by atoms with Crippen molar-refractivity contribution in [3.05, 3.63) is 35.5 Å². The van der Waals surface area contributed by atoms with Gasteiger partial charge in [0.1, 0.15) is 11.3 Å². The van der Waals surface area contributed by atoms with Gasteiger partial charge in [0.25, 0.3) is 0 Å². The summed E-state index contributed by atoms with van der Waals surface area (Å²) in [4.78, 5) is 15.8. The van der Waals surface area contributed by atoms with Crippen LogP contribution in [0, 0.1) is 0 Å². The Bertz CT molecular complexity index is 593. The molecule has 0 aliphatic carbocycles. The van der Waals surface area contributed by atoms with Crippen molar-refractivity contribution >= 4 is 16.9 Å². The molecule has 0 amide bonds. The summed E-state index contributed by atoms with van der Waals surface area (Å²) in [6, 6.07) is 5.64. The van der Waals surface area contributed by atoms with E-state index in [9.17, 15) is 9.90 Å². The van der Waals surface area contributed by atoms with Crippen molar-refractivity contribution in [2.45, 2.75) is 20.3 Å². The zero-order chi connectivity index (χ0) is 13.1. The largest absolute Gasteiger partial charge is 0.506 e. The fourth-order valence-corrected chi connectivity index (χ4v) is 1.80. The zero-order valence-electron chi connectivity index (χ0n) is 10.4. The molecule has 2 rings (SSSR count). The molecule has 0 bridgehead atoms. The van der Waals surface area contributed by atoms with Crippen molar-refractivity contribution < 1.29 is 14.6 Å². The molecule has 0 unspecified atom stereocenters. The first-order valence-corrected chi connectivity index (χ1v) is 5.95. The molecular formula is C14H15NO3. The molecule has 0 radical (unpaired) electrons. The number of ether oxygens (including phenoxy) is 1. The van der Waals surface area contributed by atoms with Crippen molar-refractivity contribution in [3.8, 4) is 5.75 Å². The number of rotatable bonds is 3.